The summed E-state index contributed by atoms with van der Waals surface area (Å²) in [5, 5.41) is 0. The Morgan fingerprint density at radius 2 is 1.79 bits per heavy atom. The van der Waals surface area contributed by atoms with Gasteiger partial charge in [-0.2, -0.15) is 0 Å². The van der Waals surface area contributed by atoms with Crippen LogP contribution < -0.4 is 0 Å². The molecule has 0 aromatic heterocycles. The molecule has 1 unspecified atom stereocenters. The highest BCUT2D eigenvalue weighted by Crippen LogP contribution is 2.35. The zero-order chi connectivity index (χ0) is 13.2. The molecule has 0 bridgehead atoms. The molecule has 0 radical (unpaired) electrons. The second-order valence-electron chi connectivity index (χ2n) is 6.34. The first kappa shape index (κ1) is 13.1. The number of nitrogens with zero attached hydrogens (tertiary/aromatic N) is 2. The molecule has 2 aliphatic rings. The molecule has 1 heterocycles. The lowest BCUT2D eigenvalue weighted by atomic mass is 9.85. The number of benzene rings is 1. The summed E-state index contributed by atoms with van der Waals surface area (Å²) in [4.78, 5) is 5.13. The van der Waals surface area contributed by atoms with Crippen LogP contribution in [0, 0.1) is 0 Å². The molecule has 0 spiro atoms. The normalized spacial score (nSPS) is 25.5. The molecule has 19 heavy (non-hydrogen) atoms. The number of piperidine rings is 1. The molecule has 104 valence electrons. The minimum Gasteiger partial charge on any atom is -0.306 e. The molecule has 2 heteroatoms. The molecule has 1 aromatic carbocycles. The van der Waals surface area contributed by atoms with Gasteiger partial charge in [0.05, 0.1) is 0 Å². The Labute approximate surface area is 117 Å². The fraction of sp³-hybridized carbons (Fsp3) is 0.647. The average Bonchev–Trinajstić information content (AvgIpc) is 2.47. The summed E-state index contributed by atoms with van der Waals surface area (Å²) in [6.45, 7) is 2.53. The quantitative estimate of drug-likeness (QED) is 0.804. The molecule has 1 aromatic rings. The molecule has 0 saturated carbocycles. The first-order valence-electron chi connectivity index (χ1n) is 7.74. The topological polar surface area (TPSA) is 6.48 Å². The number of aryl methyl sites for hydroxylation is 1. The molecule has 1 fully saturated rings. The van der Waals surface area contributed by atoms with E-state index < -0.39 is 0 Å². The van der Waals surface area contributed by atoms with Gasteiger partial charge in [-0.1, -0.05) is 24.3 Å². The van der Waals surface area contributed by atoms with Gasteiger partial charge >= 0.3 is 0 Å². The Morgan fingerprint density at radius 1 is 1.05 bits per heavy atom. The van der Waals surface area contributed by atoms with Gasteiger partial charge in [0.25, 0.3) is 0 Å². The van der Waals surface area contributed by atoms with E-state index in [-0.39, 0.29) is 0 Å². The van der Waals surface area contributed by atoms with E-state index in [1.54, 1.807) is 11.1 Å². The number of likely N-dealkylation sites (tertiary alicyclic amines) is 1. The van der Waals surface area contributed by atoms with Crippen molar-refractivity contribution in [3.8, 4) is 0 Å². The third kappa shape index (κ3) is 2.70. The van der Waals surface area contributed by atoms with E-state index in [1.807, 2.05) is 0 Å². The van der Waals surface area contributed by atoms with Crippen LogP contribution in [0.1, 0.15) is 42.9 Å². The summed E-state index contributed by atoms with van der Waals surface area (Å²) in [6.07, 6.45) is 6.64. The van der Waals surface area contributed by atoms with E-state index in [4.69, 9.17) is 0 Å². The summed E-state index contributed by atoms with van der Waals surface area (Å²) in [5.41, 5.74) is 3.20. The minimum atomic E-state index is 0.688. The van der Waals surface area contributed by atoms with Crippen molar-refractivity contribution < 1.29 is 0 Å². The molecule has 3 rings (SSSR count). The second kappa shape index (κ2) is 5.64. The summed E-state index contributed by atoms with van der Waals surface area (Å²) < 4.78 is 0. The van der Waals surface area contributed by atoms with Crippen molar-refractivity contribution in [2.24, 2.45) is 0 Å². The molecule has 0 amide bonds. The van der Waals surface area contributed by atoms with Gasteiger partial charge in [0.2, 0.25) is 0 Å². The van der Waals surface area contributed by atoms with E-state index in [2.05, 4.69) is 48.2 Å². The van der Waals surface area contributed by atoms with Crippen molar-refractivity contribution in [2.45, 2.75) is 44.2 Å². The highest BCUT2D eigenvalue weighted by atomic mass is 15.2. The molecule has 1 saturated heterocycles. The van der Waals surface area contributed by atoms with Crippen LogP contribution in [0.25, 0.3) is 0 Å². The van der Waals surface area contributed by atoms with E-state index in [1.165, 1.54) is 45.2 Å². The smallest absolute Gasteiger partial charge is 0.0350 e. The lowest BCUT2D eigenvalue weighted by molar-refractivity contribution is 0.0996. The molecule has 2 nitrogen and oxygen atoms in total. The van der Waals surface area contributed by atoms with Gasteiger partial charge in [-0.25, -0.2) is 0 Å². The molecule has 1 aliphatic heterocycles. The number of hydrogen-bond acceptors (Lipinski definition) is 2. The van der Waals surface area contributed by atoms with Crippen molar-refractivity contribution in [1.29, 1.82) is 0 Å². The lowest BCUT2D eigenvalue weighted by Gasteiger charge is -2.41. The van der Waals surface area contributed by atoms with Crippen molar-refractivity contribution in [3.63, 3.8) is 0 Å². The van der Waals surface area contributed by atoms with Gasteiger partial charge in [-0.3, -0.25) is 4.90 Å². The van der Waals surface area contributed by atoms with Gasteiger partial charge in [-0.15, -0.1) is 0 Å². The van der Waals surface area contributed by atoms with Gasteiger partial charge < -0.3 is 4.90 Å². The SMILES string of the molecule is CN(C)C1CCN(C2CCCc3ccccc32)CC1. The summed E-state index contributed by atoms with van der Waals surface area (Å²) in [6, 6.07) is 10.6. The average molecular weight is 258 g/mol. The van der Waals surface area contributed by atoms with Crippen LogP contribution >= 0.6 is 0 Å². The Morgan fingerprint density at radius 3 is 2.53 bits per heavy atom. The third-order valence-electron chi connectivity index (χ3n) is 5.01. The molecular weight excluding hydrogens is 232 g/mol. The van der Waals surface area contributed by atoms with Crippen molar-refractivity contribution in [1.82, 2.24) is 9.80 Å². The van der Waals surface area contributed by atoms with Gasteiger partial charge in [0.15, 0.2) is 0 Å². The first-order chi connectivity index (χ1) is 9.25. The summed E-state index contributed by atoms with van der Waals surface area (Å²) in [5.74, 6) is 0. The Balaban J connectivity index is 1.71. The highest BCUT2D eigenvalue weighted by Gasteiger charge is 2.29. The zero-order valence-corrected chi connectivity index (χ0v) is 12.3. The Hall–Kier alpha value is -0.860. The van der Waals surface area contributed by atoms with Crippen LogP contribution in [-0.2, 0) is 6.42 Å². The van der Waals surface area contributed by atoms with Crippen LogP contribution in [0.15, 0.2) is 24.3 Å². The zero-order valence-electron chi connectivity index (χ0n) is 12.3. The fourth-order valence-electron chi connectivity index (χ4n) is 3.82. The van der Waals surface area contributed by atoms with E-state index in [0.717, 1.165) is 6.04 Å². The van der Waals surface area contributed by atoms with Gasteiger partial charge in [-0.05, 0) is 57.3 Å². The van der Waals surface area contributed by atoms with Crippen LogP contribution in [0.3, 0.4) is 0 Å². The number of fused-ring (bicyclic) bond motifs is 1. The van der Waals surface area contributed by atoms with Crippen LogP contribution in [0.4, 0.5) is 0 Å². The van der Waals surface area contributed by atoms with E-state index >= 15 is 0 Å². The number of rotatable bonds is 2. The van der Waals surface area contributed by atoms with Gasteiger partial charge in [0.1, 0.15) is 0 Å². The number of hydrogen-bond donors (Lipinski definition) is 0. The maximum absolute atomic E-state index is 2.73. The monoisotopic (exact) mass is 258 g/mol. The van der Waals surface area contributed by atoms with Crippen LogP contribution in [-0.4, -0.2) is 43.0 Å². The molecule has 0 N–H and O–H groups in total. The van der Waals surface area contributed by atoms with Crippen molar-refractivity contribution in [2.75, 3.05) is 27.2 Å². The van der Waals surface area contributed by atoms with E-state index in [9.17, 15) is 0 Å². The summed E-state index contributed by atoms with van der Waals surface area (Å²) in [7, 11) is 4.44. The van der Waals surface area contributed by atoms with Crippen LogP contribution in [0.5, 0.6) is 0 Å². The van der Waals surface area contributed by atoms with Gasteiger partial charge in [0, 0.05) is 25.2 Å². The molecule has 1 atom stereocenters. The Bertz CT molecular complexity index is 419. The first-order valence-corrected chi connectivity index (χ1v) is 7.74. The predicted octanol–water partition coefficient (Wildman–Crippen LogP) is 3.09. The summed E-state index contributed by atoms with van der Waals surface area (Å²) >= 11 is 0. The second-order valence-corrected chi connectivity index (χ2v) is 6.34. The largest absolute Gasteiger partial charge is 0.306 e. The van der Waals surface area contributed by atoms with Crippen molar-refractivity contribution >= 4 is 0 Å². The van der Waals surface area contributed by atoms with Crippen LogP contribution in [0.2, 0.25) is 0 Å². The molecular formula is C17H26N2. The maximum Gasteiger partial charge on any atom is 0.0350 e. The fourth-order valence-corrected chi connectivity index (χ4v) is 3.82. The standard InChI is InChI=1S/C17H26N2/c1-18(2)15-10-12-19(13-11-15)17-9-5-7-14-6-3-4-8-16(14)17/h3-4,6,8,15,17H,5,7,9-13H2,1-2H3. The predicted molar refractivity (Wildman–Crippen MR) is 80.4 cm³/mol. The molecule has 1 aliphatic carbocycles. The highest BCUT2D eigenvalue weighted by molar-refractivity contribution is 5.32. The minimum absolute atomic E-state index is 0.688. The van der Waals surface area contributed by atoms with E-state index in [0.29, 0.717) is 6.04 Å². The maximum atomic E-state index is 2.73. The lowest BCUT2D eigenvalue weighted by Crippen LogP contribution is -2.44. The van der Waals surface area contributed by atoms with Crippen molar-refractivity contribution in [3.05, 3.63) is 35.4 Å². The Kier molecular flexibility index (Phi) is 3.90. The third-order valence-corrected chi connectivity index (χ3v) is 5.01.